The molecule has 1 aliphatic rings. The molecule has 0 radical (unpaired) electrons. The fourth-order valence-corrected chi connectivity index (χ4v) is 2.46. The van der Waals surface area contributed by atoms with Crippen molar-refractivity contribution in [1.29, 1.82) is 0 Å². The number of alkyl halides is 3. The number of likely N-dealkylation sites (tertiary alicyclic amines) is 1. The Balaban J connectivity index is 2.26. The van der Waals surface area contributed by atoms with Gasteiger partial charge in [-0.25, -0.2) is 0 Å². The van der Waals surface area contributed by atoms with E-state index in [-0.39, 0.29) is 12.5 Å². The molecular formula is C11H21F3N2. The Morgan fingerprint density at radius 3 is 2.69 bits per heavy atom. The Morgan fingerprint density at radius 2 is 2.12 bits per heavy atom. The van der Waals surface area contributed by atoms with E-state index in [1.54, 1.807) is 0 Å². The van der Waals surface area contributed by atoms with Crippen LogP contribution >= 0.6 is 0 Å². The van der Waals surface area contributed by atoms with Gasteiger partial charge in [0.15, 0.2) is 0 Å². The van der Waals surface area contributed by atoms with Crippen molar-refractivity contribution >= 4 is 0 Å². The molecule has 1 heterocycles. The maximum Gasteiger partial charge on any atom is 0.389 e. The lowest BCUT2D eigenvalue weighted by Crippen LogP contribution is -2.41. The Kier molecular flexibility index (Phi) is 5.05. The third-order valence-electron chi connectivity index (χ3n) is 3.34. The van der Waals surface area contributed by atoms with Gasteiger partial charge in [0.2, 0.25) is 0 Å². The summed E-state index contributed by atoms with van der Waals surface area (Å²) in [5.41, 5.74) is 5.64. The van der Waals surface area contributed by atoms with E-state index in [0.717, 1.165) is 19.4 Å². The molecule has 0 spiro atoms. The van der Waals surface area contributed by atoms with Gasteiger partial charge >= 0.3 is 6.18 Å². The highest BCUT2D eigenvalue weighted by Gasteiger charge is 2.29. The number of hydrogen-bond donors (Lipinski definition) is 1. The van der Waals surface area contributed by atoms with Crippen LogP contribution in [-0.4, -0.2) is 36.2 Å². The summed E-state index contributed by atoms with van der Waals surface area (Å²) in [5.74, 6) is 0. The predicted molar refractivity (Wildman–Crippen MR) is 58.2 cm³/mol. The molecule has 2 unspecified atom stereocenters. The van der Waals surface area contributed by atoms with Crippen molar-refractivity contribution in [3.05, 3.63) is 0 Å². The van der Waals surface area contributed by atoms with Gasteiger partial charge in [0.25, 0.3) is 0 Å². The van der Waals surface area contributed by atoms with Crippen LogP contribution in [0.25, 0.3) is 0 Å². The predicted octanol–water partition coefficient (Wildman–Crippen LogP) is 2.53. The average molecular weight is 238 g/mol. The summed E-state index contributed by atoms with van der Waals surface area (Å²) in [6, 6.07) is 0.597. The summed E-state index contributed by atoms with van der Waals surface area (Å²) in [7, 11) is 0. The number of halogens is 3. The number of nitrogens with zero attached hydrogens (tertiary/aromatic N) is 1. The molecule has 5 heteroatoms. The molecule has 1 fully saturated rings. The maximum atomic E-state index is 12.0. The van der Waals surface area contributed by atoms with E-state index < -0.39 is 12.6 Å². The SMILES string of the molecule is CC(CCCC(F)(F)F)N1CCCC1CN. The molecule has 96 valence electrons. The van der Waals surface area contributed by atoms with E-state index in [0.29, 0.717) is 19.0 Å². The van der Waals surface area contributed by atoms with Crippen molar-refractivity contribution in [2.45, 2.75) is 57.3 Å². The van der Waals surface area contributed by atoms with Crippen LogP contribution in [0.4, 0.5) is 13.2 Å². The van der Waals surface area contributed by atoms with Crippen molar-refractivity contribution in [3.8, 4) is 0 Å². The highest BCUT2D eigenvalue weighted by atomic mass is 19.4. The molecule has 1 rings (SSSR count). The molecule has 0 saturated carbocycles. The normalized spacial score (nSPS) is 24.9. The molecule has 0 aromatic carbocycles. The van der Waals surface area contributed by atoms with Gasteiger partial charge in [-0.05, 0) is 39.2 Å². The second kappa shape index (κ2) is 5.87. The van der Waals surface area contributed by atoms with Gasteiger partial charge in [-0.15, -0.1) is 0 Å². The zero-order chi connectivity index (χ0) is 12.2. The fourth-order valence-electron chi connectivity index (χ4n) is 2.46. The van der Waals surface area contributed by atoms with Crippen LogP contribution < -0.4 is 5.73 Å². The van der Waals surface area contributed by atoms with E-state index in [2.05, 4.69) is 4.90 Å². The Morgan fingerprint density at radius 1 is 1.44 bits per heavy atom. The smallest absolute Gasteiger partial charge is 0.329 e. The molecule has 0 bridgehead atoms. The average Bonchev–Trinajstić information content (AvgIpc) is 2.63. The largest absolute Gasteiger partial charge is 0.389 e. The molecule has 16 heavy (non-hydrogen) atoms. The molecule has 0 aromatic heterocycles. The van der Waals surface area contributed by atoms with Crippen LogP contribution in [0.15, 0.2) is 0 Å². The summed E-state index contributed by atoms with van der Waals surface area (Å²) in [4.78, 5) is 2.26. The van der Waals surface area contributed by atoms with Gasteiger partial charge in [-0.2, -0.15) is 13.2 Å². The van der Waals surface area contributed by atoms with E-state index in [4.69, 9.17) is 5.73 Å². The topological polar surface area (TPSA) is 29.3 Å². The lowest BCUT2D eigenvalue weighted by Gasteiger charge is -2.30. The molecule has 0 aliphatic carbocycles. The second-order valence-electron chi connectivity index (χ2n) is 4.63. The second-order valence-corrected chi connectivity index (χ2v) is 4.63. The molecule has 2 N–H and O–H groups in total. The number of nitrogens with two attached hydrogens (primary N) is 1. The van der Waals surface area contributed by atoms with E-state index in [1.165, 1.54) is 0 Å². The quantitative estimate of drug-likeness (QED) is 0.797. The van der Waals surface area contributed by atoms with Crippen LogP contribution in [-0.2, 0) is 0 Å². The maximum absolute atomic E-state index is 12.0. The first-order valence-electron chi connectivity index (χ1n) is 5.96. The van der Waals surface area contributed by atoms with Gasteiger partial charge in [-0.1, -0.05) is 0 Å². The molecule has 0 aromatic rings. The zero-order valence-corrected chi connectivity index (χ0v) is 9.76. The van der Waals surface area contributed by atoms with Crippen molar-refractivity contribution in [2.75, 3.05) is 13.1 Å². The lowest BCUT2D eigenvalue weighted by molar-refractivity contribution is -0.136. The van der Waals surface area contributed by atoms with E-state index >= 15 is 0 Å². The summed E-state index contributed by atoms with van der Waals surface area (Å²) in [6.07, 6.45) is -1.66. The van der Waals surface area contributed by atoms with Crippen molar-refractivity contribution < 1.29 is 13.2 Å². The number of rotatable bonds is 5. The molecule has 2 nitrogen and oxygen atoms in total. The van der Waals surface area contributed by atoms with Gasteiger partial charge < -0.3 is 5.73 Å². The third-order valence-corrected chi connectivity index (χ3v) is 3.34. The first-order chi connectivity index (χ1) is 7.44. The van der Waals surface area contributed by atoms with Gasteiger partial charge in [-0.3, -0.25) is 4.90 Å². The van der Waals surface area contributed by atoms with Crippen LogP contribution in [0, 0.1) is 0 Å². The minimum atomic E-state index is -4.02. The monoisotopic (exact) mass is 238 g/mol. The standard InChI is InChI=1S/C11H21F3N2/c1-9(4-2-6-11(12,13)14)16-7-3-5-10(16)8-15/h9-10H,2-8,15H2,1H3. The Bertz CT molecular complexity index is 206. The van der Waals surface area contributed by atoms with Gasteiger partial charge in [0, 0.05) is 25.0 Å². The van der Waals surface area contributed by atoms with Crippen LogP contribution in [0.1, 0.15) is 39.0 Å². The molecular weight excluding hydrogens is 217 g/mol. The molecule has 0 amide bonds. The highest BCUT2D eigenvalue weighted by Crippen LogP contribution is 2.26. The summed E-state index contributed by atoms with van der Waals surface area (Å²) in [5, 5.41) is 0. The first-order valence-corrected chi connectivity index (χ1v) is 5.96. The first kappa shape index (κ1) is 13.8. The minimum Gasteiger partial charge on any atom is -0.329 e. The van der Waals surface area contributed by atoms with Crippen LogP contribution in [0.2, 0.25) is 0 Å². The lowest BCUT2D eigenvalue weighted by atomic mass is 10.1. The summed E-state index contributed by atoms with van der Waals surface area (Å²) in [6.45, 7) is 3.60. The van der Waals surface area contributed by atoms with Crippen molar-refractivity contribution in [2.24, 2.45) is 5.73 Å². The van der Waals surface area contributed by atoms with Gasteiger partial charge in [0.1, 0.15) is 0 Å². The Labute approximate surface area is 95.0 Å². The zero-order valence-electron chi connectivity index (χ0n) is 9.76. The van der Waals surface area contributed by atoms with Crippen LogP contribution in [0.3, 0.4) is 0 Å². The van der Waals surface area contributed by atoms with E-state index in [1.807, 2.05) is 6.92 Å². The van der Waals surface area contributed by atoms with Gasteiger partial charge in [0.05, 0.1) is 0 Å². The Hall–Kier alpha value is -0.290. The fraction of sp³-hybridized carbons (Fsp3) is 1.00. The molecule has 2 atom stereocenters. The third kappa shape index (κ3) is 4.29. The van der Waals surface area contributed by atoms with Crippen molar-refractivity contribution in [1.82, 2.24) is 4.90 Å². The van der Waals surface area contributed by atoms with Crippen molar-refractivity contribution in [3.63, 3.8) is 0 Å². The summed E-state index contributed by atoms with van der Waals surface area (Å²) < 4.78 is 36.0. The summed E-state index contributed by atoms with van der Waals surface area (Å²) >= 11 is 0. The molecule has 1 aliphatic heterocycles. The minimum absolute atomic E-state index is 0.221. The van der Waals surface area contributed by atoms with E-state index in [9.17, 15) is 13.2 Å². The number of hydrogen-bond acceptors (Lipinski definition) is 2. The van der Waals surface area contributed by atoms with Crippen LogP contribution in [0.5, 0.6) is 0 Å². The molecule has 1 saturated heterocycles. The highest BCUT2D eigenvalue weighted by molar-refractivity contribution is 4.83.